The Labute approximate surface area is 240 Å². The molecule has 2 aliphatic carbocycles. The van der Waals surface area contributed by atoms with E-state index in [1.807, 2.05) is 6.07 Å². The first-order chi connectivity index (χ1) is 19.2. The van der Waals surface area contributed by atoms with E-state index in [-0.39, 0.29) is 12.2 Å². The molecule has 2 saturated carbocycles. The van der Waals surface area contributed by atoms with Crippen molar-refractivity contribution < 1.29 is 14.4 Å². The minimum Gasteiger partial charge on any atom is -0.383 e. The highest BCUT2D eigenvalue weighted by Gasteiger charge is 2.26. The number of nitrogens with two attached hydrogens (primary N) is 1. The molecule has 11 nitrogen and oxygen atoms in total. The topological polar surface area (TPSA) is 152 Å². The lowest BCUT2D eigenvalue weighted by Crippen LogP contribution is -2.52. The highest BCUT2D eigenvalue weighted by atomic mass is 31.2. The van der Waals surface area contributed by atoms with Crippen molar-refractivity contribution >= 4 is 25.2 Å². The summed E-state index contributed by atoms with van der Waals surface area (Å²) in [7, 11) is -3.94. The van der Waals surface area contributed by atoms with Crippen LogP contribution in [0.4, 0.5) is 17.6 Å². The zero-order chi connectivity index (χ0) is 28.4. The average molecular weight is 581 g/mol. The van der Waals surface area contributed by atoms with E-state index in [4.69, 9.17) is 20.5 Å². The fraction of sp³-hybridized carbons (Fsp3) is 0.857. The van der Waals surface area contributed by atoms with Crippen LogP contribution in [-0.4, -0.2) is 94.8 Å². The van der Waals surface area contributed by atoms with E-state index in [1.54, 1.807) is 0 Å². The van der Waals surface area contributed by atoms with Gasteiger partial charge in [0, 0.05) is 43.8 Å². The second kappa shape index (κ2) is 15.7. The average Bonchev–Trinajstić information content (AvgIpc) is 2.92. The SMILES string of the molecule is CC1CN(c2cc(N)nc(NC3CCC(CNCCCNC4CCCCC4)CC3)n2)CCN1CCCP(=O)(O)O. The van der Waals surface area contributed by atoms with Crippen LogP contribution < -0.4 is 26.6 Å². The number of hydrogen-bond donors (Lipinski definition) is 6. The van der Waals surface area contributed by atoms with Gasteiger partial charge in [0.2, 0.25) is 5.95 Å². The molecule has 40 heavy (non-hydrogen) atoms. The number of rotatable bonds is 14. The van der Waals surface area contributed by atoms with Crippen LogP contribution in [0.25, 0.3) is 0 Å². The van der Waals surface area contributed by atoms with E-state index in [0.717, 1.165) is 69.9 Å². The van der Waals surface area contributed by atoms with E-state index in [0.29, 0.717) is 30.8 Å². The largest absolute Gasteiger partial charge is 0.383 e. The van der Waals surface area contributed by atoms with Gasteiger partial charge in [-0.1, -0.05) is 19.3 Å². The van der Waals surface area contributed by atoms with E-state index in [1.165, 1.54) is 51.4 Å². The van der Waals surface area contributed by atoms with Gasteiger partial charge in [0.05, 0.1) is 6.16 Å². The summed E-state index contributed by atoms with van der Waals surface area (Å²) in [5.74, 6) is 2.66. The normalized spacial score (nSPS) is 25.3. The van der Waals surface area contributed by atoms with Gasteiger partial charge in [-0.3, -0.25) is 9.46 Å². The molecule has 0 radical (unpaired) electrons. The number of anilines is 3. The third kappa shape index (κ3) is 10.7. The molecule has 1 aliphatic heterocycles. The van der Waals surface area contributed by atoms with Gasteiger partial charge >= 0.3 is 7.60 Å². The third-order valence-electron chi connectivity index (χ3n) is 8.90. The molecule has 0 aromatic carbocycles. The molecule has 3 aliphatic rings. The van der Waals surface area contributed by atoms with Gasteiger partial charge in [0.25, 0.3) is 0 Å². The first-order valence-corrected chi connectivity index (χ1v) is 17.4. The van der Waals surface area contributed by atoms with Gasteiger partial charge in [-0.05, 0) is 90.4 Å². The summed E-state index contributed by atoms with van der Waals surface area (Å²) in [6, 6.07) is 3.23. The summed E-state index contributed by atoms with van der Waals surface area (Å²) in [5, 5.41) is 11.0. The Balaban J connectivity index is 1.13. The molecule has 0 amide bonds. The number of hydrogen-bond acceptors (Lipinski definition) is 9. The Morgan fingerprint density at radius 1 is 1.00 bits per heavy atom. The Kier molecular flexibility index (Phi) is 12.3. The summed E-state index contributed by atoms with van der Waals surface area (Å²) in [5.41, 5.74) is 6.18. The number of nitrogens with one attached hydrogen (secondary N) is 3. The van der Waals surface area contributed by atoms with Gasteiger partial charge in [-0.2, -0.15) is 9.97 Å². The number of nitrogen functional groups attached to an aromatic ring is 1. The van der Waals surface area contributed by atoms with Crippen LogP contribution in [0.15, 0.2) is 6.07 Å². The molecule has 3 fully saturated rings. The zero-order valence-electron chi connectivity index (χ0n) is 24.4. The smallest absolute Gasteiger partial charge is 0.325 e. The Morgan fingerprint density at radius 2 is 1.77 bits per heavy atom. The molecule has 12 heteroatoms. The van der Waals surface area contributed by atoms with Crippen LogP contribution in [-0.2, 0) is 4.57 Å². The van der Waals surface area contributed by atoms with Crippen LogP contribution in [0.5, 0.6) is 0 Å². The minimum absolute atomic E-state index is 0.0616. The Bertz CT molecular complexity index is 936. The number of piperazine rings is 1. The van der Waals surface area contributed by atoms with Crippen LogP contribution in [0, 0.1) is 5.92 Å². The van der Waals surface area contributed by atoms with E-state index < -0.39 is 7.60 Å². The number of nitrogens with zero attached hydrogens (tertiary/aromatic N) is 4. The molecule has 1 aromatic heterocycles. The monoisotopic (exact) mass is 580 g/mol. The van der Waals surface area contributed by atoms with Crippen molar-refractivity contribution in [2.24, 2.45) is 5.92 Å². The van der Waals surface area contributed by atoms with Crippen molar-refractivity contribution in [1.82, 2.24) is 25.5 Å². The predicted molar refractivity (Wildman–Crippen MR) is 163 cm³/mol. The summed E-state index contributed by atoms with van der Waals surface area (Å²) in [4.78, 5) is 32.1. The van der Waals surface area contributed by atoms with Crippen molar-refractivity contribution in [3.05, 3.63) is 6.07 Å². The molecule has 4 rings (SSSR count). The molecule has 7 N–H and O–H groups in total. The van der Waals surface area contributed by atoms with E-state index in [9.17, 15) is 4.57 Å². The Hall–Kier alpha value is -1.49. The Morgan fingerprint density at radius 3 is 2.50 bits per heavy atom. The molecule has 2 heterocycles. The third-order valence-corrected chi connectivity index (χ3v) is 9.80. The molecule has 1 unspecified atom stereocenters. The van der Waals surface area contributed by atoms with E-state index >= 15 is 0 Å². The lowest BCUT2D eigenvalue weighted by molar-refractivity contribution is 0.188. The van der Waals surface area contributed by atoms with Crippen molar-refractivity contribution in [3.63, 3.8) is 0 Å². The second-order valence-corrected chi connectivity index (χ2v) is 14.0. The minimum atomic E-state index is -3.94. The highest BCUT2D eigenvalue weighted by Crippen LogP contribution is 2.35. The zero-order valence-corrected chi connectivity index (χ0v) is 25.3. The van der Waals surface area contributed by atoms with Crippen LogP contribution in [0.3, 0.4) is 0 Å². The number of aromatic nitrogens is 2. The van der Waals surface area contributed by atoms with Crippen molar-refractivity contribution in [2.75, 3.05) is 67.9 Å². The first kappa shape index (κ1) is 31.4. The summed E-state index contributed by atoms with van der Waals surface area (Å²) >= 11 is 0. The summed E-state index contributed by atoms with van der Waals surface area (Å²) < 4.78 is 11.2. The molecular formula is C28H53N8O3P. The lowest BCUT2D eigenvalue weighted by Gasteiger charge is -2.40. The fourth-order valence-corrected chi connectivity index (χ4v) is 7.07. The van der Waals surface area contributed by atoms with Crippen molar-refractivity contribution in [3.8, 4) is 0 Å². The van der Waals surface area contributed by atoms with E-state index in [2.05, 4.69) is 37.7 Å². The lowest BCUT2D eigenvalue weighted by atomic mass is 9.86. The summed E-state index contributed by atoms with van der Waals surface area (Å²) in [6.45, 7) is 8.58. The van der Waals surface area contributed by atoms with Gasteiger partial charge < -0.3 is 36.4 Å². The molecule has 228 valence electrons. The highest BCUT2D eigenvalue weighted by molar-refractivity contribution is 7.51. The van der Waals surface area contributed by atoms with Crippen LogP contribution >= 0.6 is 7.60 Å². The van der Waals surface area contributed by atoms with Crippen LogP contribution in [0.1, 0.15) is 77.6 Å². The first-order valence-electron chi connectivity index (χ1n) is 15.6. The van der Waals surface area contributed by atoms with Gasteiger partial charge in [-0.15, -0.1) is 0 Å². The standard InChI is InChI=1S/C28H53N8O3P/c1-22-21-36(17-16-35(22)15-6-18-40(37,38)39)27-19-26(29)33-28(34-27)32-25-11-9-23(10-12-25)20-30-13-5-14-31-24-7-3-2-4-8-24/h19,22-25,30-31H,2-18,20-21H2,1H3,(H2,37,38,39)(H3,29,32,33,34). The maximum Gasteiger partial charge on any atom is 0.325 e. The van der Waals surface area contributed by atoms with Gasteiger partial charge in [0.15, 0.2) is 0 Å². The van der Waals surface area contributed by atoms with Crippen molar-refractivity contribution in [1.29, 1.82) is 0 Å². The molecule has 1 atom stereocenters. The van der Waals surface area contributed by atoms with Gasteiger partial charge in [-0.25, -0.2) is 0 Å². The van der Waals surface area contributed by atoms with Gasteiger partial charge in [0.1, 0.15) is 11.6 Å². The molecular weight excluding hydrogens is 527 g/mol. The summed E-state index contributed by atoms with van der Waals surface area (Å²) in [6.07, 6.45) is 13.2. The molecule has 1 aromatic rings. The maximum atomic E-state index is 11.2. The molecule has 0 spiro atoms. The molecule has 1 saturated heterocycles. The van der Waals surface area contributed by atoms with Crippen molar-refractivity contribution in [2.45, 2.75) is 95.7 Å². The second-order valence-electron chi connectivity index (χ2n) is 12.3. The quantitative estimate of drug-likeness (QED) is 0.142. The fourth-order valence-electron chi connectivity index (χ4n) is 6.52. The molecule has 0 bridgehead atoms. The predicted octanol–water partition coefficient (Wildman–Crippen LogP) is 3.01. The van der Waals surface area contributed by atoms with Crippen LogP contribution in [0.2, 0.25) is 0 Å². The maximum absolute atomic E-state index is 11.2.